The number of aromatic nitrogens is 3. The number of rotatable bonds is 4. The van der Waals surface area contributed by atoms with Gasteiger partial charge >= 0.3 is 6.18 Å². The second kappa shape index (κ2) is 7.97. The average Bonchev–Trinajstić information content (AvgIpc) is 3.64. The Balaban J connectivity index is 1.32. The summed E-state index contributed by atoms with van der Waals surface area (Å²) in [6.07, 6.45) is 1.39. The maximum atomic E-state index is 13.5. The van der Waals surface area contributed by atoms with Gasteiger partial charge in [0, 0.05) is 18.4 Å². The number of carbonyl (C=O) groups is 1. The standard InChI is InChI=1S/C26H23F4N5O/c27-16-3-5-17(6-4-16)32-23(36)25(14-24(15-25)10-11-24)20-8-7-19-18(33-20)2-1-13-35(19)21-9-12-31-22(34-21)26(28,29)30/h3-9,12H,1-2,10-11,13-15H2,(H,32,36). The van der Waals surface area contributed by atoms with Gasteiger partial charge in [0.2, 0.25) is 11.7 Å². The van der Waals surface area contributed by atoms with Crippen LogP contribution in [-0.4, -0.2) is 27.4 Å². The molecule has 2 fully saturated rings. The Bertz CT molecular complexity index is 1330. The van der Waals surface area contributed by atoms with Crippen LogP contribution < -0.4 is 10.2 Å². The number of hydrogen-bond acceptors (Lipinski definition) is 5. The van der Waals surface area contributed by atoms with Crippen molar-refractivity contribution < 1.29 is 22.4 Å². The first-order valence-electron chi connectivity index (χ1n) is 11.9. The zero-order valence-electron chi connectivity index (χ0n) is 19.3. The van der Waals surface area contributed by atoms with E-state index in [0.29, 0.717) is 49.3 Å². The second-order valence-corrected chi connectivity index (χ2v) is 10.1. The van der Waals surface area contributed by atoms with Gasteiger partial charge in [0.1, 0.15) is 11.6 Å². The first kappa shape index (κ1) is 22.9. The first-order chi connectivity index (χ1) is 17.2. The summed E-state index contributed by atoms with van der Waals surface area (Å²) in [7, 11) is 0. The molecule has 1 aliphatic heterocycles. The molecular weight excluding hydrogens is 474 g/mol. The van der Waals surface area contributed by atoms with Crippen molar-refractivity contribution in [1.82, 2.24) is 15.0 Å². The molecule has 0 atom stereocenters. The summed E-state index contributed by atoms with van der Waals surface area (Å²) in [4.78, 5) is 27.2. The summed E-state index contributed by atoms with van der Waals surface area (Å²) in [5.41, 5.74) is 2.01. The van der Waals surface area contributed by atoms with E-state index in [1.54, 1.807) is 4.90 Å². The van der Waals surface area contributed by atoms with Crippen LogP contribution in [0.15, 0.2) is 48.7 Å². The number of aryl methyl sites for hydroxylation is 1. The van der Waals surface area contributed by atoms with E-state index < -0.39 is 17.4 Å². The monoisotopic (exact) mass is 497 g/mol. The van der Waals surface area contributed by atoms with Crippen molar-refractivity contribution in [1.29, 1.82) is 0 Å². The predicted octanol–water partition coefficient (Wildman–Crippen LogP) is 5.56. The van der Waals surface area contributed by atoms with E-state index >= 15 is 0 Å². The predicted molar refractivity (Wildman–Crippen MR) is 124 cm³/mol. The summed E-state index contributed by atoms with van der Waals surface area (Å²) in [5.74, 6) is -1.57. The van der Waals surface area contributed by atoms with Crippen LogP contribution in [0.3, 0.4) is 0 Å². The van der Waals surface area contributed by atoms with Gasteiger partial charge in [-0.15, -0.1) is 0 Å². The van der Waals surface area contributed by atoms with Crippen molar-refractivity contribution in [2.45, 2.75) is 50.1 Å². The van der Waals surface area contributed by atoms with Crippen LogP contribution in [0.25, 0.3) is 0 Å². The highest BCUT2D eigenvalue weighted by molar-refractivity contribution is 6.00. The minimum atomic E-state index is -4.63. The largest absolute Gasteiger partial charge is 0.451 e. The summed E-state index contributed by atoms with van der Waals surface area (Å²) in [6, 6.07) is 10.8. The third kappa shape index (κ3) is 3.88. The lowest BCUT2D eigenvalue weighted by Crippen LogP contribution is -2.52. The van der Waals surface area contributed by atoms with Crippen LogP contribution in [0.5, 0.6) is 0 Å². The smallest absolute Gasteiger partial charge is 0.325 e. The third-order valence-corrected chi connectivity index (χ3v) is 7.54. The van der Waals surface area contributed by atoms with E-state index in [4.69, 9.17) is 4.98 Å². The molecule has 0 radical (unpaired) electrons. The minimum absolute atomic E-state index is 0.164. The van der Waals surface area contributed by atoms with Crippen molar-refractivity contribution in [3.63, 3.8) is 0 Å². The molecule has 0 unspecified atom stereocenters. The zero-order valence-corrected chi connectivity index (χ0v) is 19.3. The molecule has 3 heterocycles. The van der Waals surface area contributed by atoms with Crippen molar-refractivity contribution >= 4 is 23.1 Å². The minimum Gasteiger partial charge on any atom is -0.325 e. The Hall–Kier alpha value is -3.56. The quantitative estimate of drug-likeness (QED) is 0.478. The van der Waals surface area contributed by atoms with Crippen LogP contribution in [0.1, 0.15) is 49.3 Å². The van der Waals surface area contributed by atoms with Gasteiger partial charge in [0.15, 0.2) is 0 Å². The number of anilines is 3. The molecule has 1 N–H and O–H groups in total. The number of halogens is 4. The molecule has 3 aliphatic rings. The van der Waals surface area contributed by atoms with Gasteiger partial charge in [0.05, 0.1) is 22.5 Å². The zero-order chi connectivity index (χ0) is 25.1. The molecule has 10 heteroatoms. The van der Waals surface area contributed by atoms with Crippen LogP contribution in [0.4, 0.5) is 34.8 Å². The van der Waals surface area contributed by atoms with Crippen molar-refractivity contribution in [3.05, 3.63) is 71.7 Å². The molecule has 36 heavy (non-hydrogen) atoms. The van der Waals surface area contributed by atoms with Crippen molar-refractivity contribution in [2.24, 2.45) is 5.41 Å². The lowest BCUT2D eigenvalue weighted by atomic mass is 9.57. The fraction of sp³-hybridized carbons (Fsp3) is 0.385. The Morgan fingerprint density at radius 3 is 2.44 bits per heavy atom. The van der Waals surface area contributed by atoms with E-state index in [9.17, 15) is 22.4 Å². The molecule has 1 amide bonds. The maximum absolute atomic E-state index is 13.5. The van der Waals surface area contributed by atoms with Crippen LogP contribution >= 0.6 is 0 Å². The molecule has 1 aromatic carbocycles. The topological polar surface area (TPSA) is 71.0 Å². The number of pyridine rings is 1. The highest BCUT2D eigenvalue weighted by Gasteiger charge is 2.65. The molecule has 186 valence electrons. The molecule has 6 nitrogen and oxygen atoms in total. The number of benzene rings is 1. The van der Waals surface area contributed by atoms with Gasteiger partial charge in [0.25, 0.3) is 0 Å². The molecule has 2 saturated carbocycles. The Morgan fingerprint density at radius 2 is 1.75 bits per heavy atom. The number of nitrogens with one attached hydrogen (secondary N) is 1. The van der Waals surface area contributed by atoms with Gasteiger partial charge in [-0.3, -0.25) is 9.78 Å². The fourth-order valence-electron chi connectivity index (χ4n) is 5.59. The van der Waals surface area contributed by atoms with Crippen molar-refractivity contribution in [2.75, 3.05) is 16.8 Å². The molecule has 2 aromatic heterocycles. The molecule has 0 saturated heterocycles. The van der Waals surface area contributed by atoms with Crippen molar-refractivity contribution in [3.8, 4) is 0 Å². The summed E-state index contributed by atoms with van der Waals surface area (Å²) < 4.78 is 52.8. The highest BCUT2D eigenvalue weighted by atomic mass is 19.4. The Labute approximate surface area is 204 Å². The van der Waals surface area contributed by atoms with Gasteiger partial charge < -0.3 is 10.2 Å². The normalized spacial score (nSPS) is 19.4. The molecule has 3 aromatic rings. The molecule has 2 aliphatic carbocycles. The summed E-state index contributed by atoms with van der Waals surface area (Å²) in [6.45, 7) is 0.502. The summed E-state index contributed by atoms with van der Waals surface area (Å²) >= 11 is 0. The number of nitrogens with zero attached hydrogens (tertiary/aromatic N) is 4. The second-order valence-electron chi connectivity index (χ2n) is 10.1. The van der Waals surface area contributed by atoms with E-state index in [0.717, 1.165) is 24.7 Å². The molecule has 0 bridgehead atoms. The Kier molecular flexibility index (Phi) is 5.07. The number of carbonyl (C=O) groups excluding carboxylic acids is 1. The van der Waals surface area contributed by atoms with E-state index in [1.807, 2.05) is 12.1 Å². The lowest BCUT2D eigenvalue weighted by Gasteiger charge is -2.47. The summed E-state index contributed by atoms with van der Waals surface area (Å²) in [5, 5.41) is 2.93. The SMILES string of the molecule is O=C(Nc1ccc(F)cc1)C1(c2ccc3c(n2)CCCN3c2ccnc(C(F)(F)F)n2)CC2(CC2)C1. The molecular formula is C26H23F4N5O. The Morgan fingerprint density at radius 1 is 1.00 bits per heavy atom. The van der Waals surface area contributed by atoms with E-state index in [2.05, 4.69) is 15.3 Å². The van der Waals surface area contributed by atoms with E-state index in [-0.39, 0.29) is 23.0 Å². The van der Waals surface area contributed by atoms with Crippen LogP contribution in [-0.2, 0) is 22.8 Å². The van der Waals surface area contributed by atoms with Gasteiger partial charge in [-0.1, -0.05) is 0 Å². The third-order valence-electron chi connectivity index (χ3n) is 7.54. The molecule has 1 spiro atoms. The highest BCUT2D eigenvalue weighted by Crippen LogP contribution is 2.69. The fourth-order valence-corrected chi connectivity index (χ4v) is 5.59. The maximum Gasteiger partial charge on any atom is 0.451 e. The number of alkyl halides is 3. The van der Waals surface area contributed by atoms with E-state index in [1.165, 1.54) is 30.3 Å². The van der Waals surface area contributed by atoms with Crippen LogP contribution in [0, 0.1) is 11.2 Å². The van der Waals surface area contributed by atoms with Crippen LogP contribution in [0.2, 0.25) is 0 Å². The number of fused-ring (bicyclic) bond motifs is 1. The number of amides is 1. The molecule has 6 rings (SSSR count). The lowest BCUT2D eigenvalue weighted by molar-refractivity contribution is -0.144. The first-order valence-corrected chi connectivity index (χ1v) is 11.9. The van der Waals surface area contributed by atoms with Gasteiger partial charge in [-0.05, 0) is 86.4 Å². The number of hydrogen-bond donors (Lipinski definition) is 1. The van der Waals surface area contributed by atoms with Gasteiger partial charge in [-0.25, -0.2) is 14.4 Å². The average molecular weight is 497 g/mol. The van der Waals surface area contributed by atoms with Gasteiger partial charge in [-0.2, -0.15) is 13.2 Å².